The van der Waals surface area contributed by atoms with Crippen LogP contribution in [0.15, 0.2) is 28.7 Å². The molecule has 1 aromatic heterocycles. The number of carbonyl (C=O) groups excluding carboxylic acids is 2. The summed E-state index contributed by atoms with van der Waals surface area (Å²) in [4.78, 5) is 35.2. The number of benzene rings is 1. The smallest absolute Gasteiger partial charge is 0.371 e. The van der Waals surface area contributed by atoms with Crippen LogP contribution in [-0.2, 0) is 16.1 Å². The lowest BCUT2D eigenvalue weighted by Gasteiger charge is -2.13. The van der Waals surface area contributed by atoms with Crippen LogP contribution in [0.2, 0.25) is 0 Å². The summed E-state index contributed by atoms with van der Waals surface area (Å²) in [6.07, 6.45) is 0.520. The summed E-state index contributed by atoms with van der Waals surface area (Å²) in [7, 11) is 0. The van der Waals surface area contributed by atoms with Crippen molar-refractivity contribution in [2.24, 2.45) is 0 Å². The van der Waals surface area contributed by atoms with E-state index >= 15 is 0 Å². The first-order valence-electron chi connectivity index (χ1n) is 6.13. The highest BCUT2D eigenvalue weighted by molar-refractivity contribution is 6.01. The lowest BCUT2D eigenvalue weighted by Crippen LogP contribution is -2.28. The van der Waals surface area contributed by atoms with Crippen LogP contribution in [0.3, 0.4) is 0 Å². The number of amides is 2. The SMILES string of the molecule is O=C(O)c1cc2cc(CN3C(=O)CCC3=O)ccc2o1. The van der Waals surface area contributed by atoms with Crippen LogP contribution in [-0.4, -0.2) is 27.8 Å². The molecule has 0 spiro atoms. The molecule has 6 heteroatoms. The summed E-state index contributed by atoms with van der Waals surface area (Å²) in [6, 6.07) is 6.51. The van der Waals surface area contributed by atoms with Gasteiger partial charge in [0.25, 0.3) is 0 Å². The minimum atomic E-state index is -1.13. The number of fused-ring (bicyclic) bond motifs is 1. The topological polar surface area (TPSA) is 87.8 Å². The van der Waals surface area contributed by atoms with E-state index in [0.29, 0.717) is 11.0 Å². The van der Waals surface area contributed by atoms with Crippen LogP contribution in [0.25, 0.3) is 11.0 Å². The summed E-state index contributed by atoms with van der Waals surface area (Å²) in [6.45, 7) is 0.210. The van der Waals surface area contributed by atoms with Crippen LogP contribution in [0.5, 0.6) is 0 Å². The maximum Gasteiger partial charge on any atom is 0.371 e. The molecule has 0 aliphatic carbocycles. The molecule has 1 N–H and O–H groups in total. The molecule has 2 aromatic rings. The summed E-state index contributed by atoms with van der Waals surface area (Å²) < 4.78 is 5.15. The van der Waals surface area contributed by atoms with E-state index in [1.165, 1.54) is 11.0 Å². The second-order valence-electron chi connectivity index (χ2n) is 4.66. The van der Waals surface area contributed by atoms with Crippen molar-refractivity contribution in [3.8, 4) is 0 Å². The molecule has 1 saturated heterocycles. The fraction of sp³-hybridized carbons (Fsp3) is 0.214. The number of imide groups is 1. The van der Waals surface area contributed by atoms with Crippen LogP contribution in [0.1, 0.15) is 29.0 Å². The maximum atomic E-state index is 11.6. The van der Waals surface area contributed by atoms with E-state index in [9.17, 15) is 14.4 Å². The molecule has 1 aromatic carbocycles. The van der Waals surface area contributed by atoms with Crippen molar-refractivity contribution in [1.29, 1.82) is 0 Å². The summed E-state index contributed by atoms with van der Waals surface area (Å²) in [5, 5.41) is 9.50. The third-order valence-corrected chi connectivity index (χ3v) is 3.29. The average molecular weight is 273 g/mol. The van der Waals surface area contributed by atoms with Crippen LogP contribution >= 0.6 is 0 Å². The molecule has 2 heterocycles. The van der Waals surface area contributed by atoms with E-state index in [1.54, 1.807) is 18.2 Å². The molecule has 2 amide bonds. The van der Waals surface area contributed by atoms with Gasteiger partial charge in [0.1, 0.15) is 5.58 Å². The number of carboxylic acid groups (broad SMARTS) is 1. The van der Waals surface area contributed by atoms with Crippen molar-refractivity contribution in [2.45, 2.75) is 19.4 Å². The number of hydrogen-bond acceptors (Lipinski definition) is 4. The quantitative estimate of drug-likeness (QED) is 0.861. The highest BCUT2D eigenvalue weighted by atomic mass is 16.4. The monoisotopic (exact) mass is 273 g/mol. The van der Waals surface area contributed by atoms with Crippen molar-refractivity contribution in [3.63, 3.8) is 0 Å². The zero-order valence-corrected chi connectivity index (χ0v) is 10.5. The lowest BCUT2D eigenvalue weighted by molar-refractivity contribution is -0.139. The van der Waals surface area contributed by atoms with Gasteiger partial charge in [-0.05, 0) is 23.8 Å². The van der Waals surface area contributed by atoms with Crippen LogP contribution < -0.4 is 0 Å². The molecule has 102 valence electrons. The lowest BCUT2D eigenvalue weighted by atomic mass is 10.1. The summed E-state index contributed by atoms with van der Waals surface area (Å²) in [5.74, 6) is -1.61. The van der Waals surface area contributed by atoms with Gasteiger partial charge in [0.15, 0.2) is 0 Å². The van der Waals surface area contributed by atoms with Crippen molar-refractivity contribution in [1.82, 2.24) is 4.90 Å². The zero-order valence-electron chi connectivity index (χ0n) is 10.5. The average Bonchev–Trinajstić information content (AvgIpc) is 2.96. The molecule has 20 heavy (non-hydrogen) atoms. The van der Waals surface area contributed by atoms with Crippen molar-refractivity contribution < 1.29 is 23.9 Å². The second-order valence-corrected chi connectivity index (χ2v) is 4.66. The Morgan fingerprint density at radius 1 is 1.20 bits per heavy atom. The van der Waals surface area contributed by atoms with Gasteiger partial charge < -0.3 is 9.52 Å². The first-order valence-corrected chi connectivity index (χ1v) is 6.13. The van der Waals surface area contributed by atoms with Crippen molar-refractivity contribution in [2.75, 3.05) is 0 Å². The Balaban J connectivity index is 1.91. The molecule has 0 radical (unpaired) electrons. The molecular formula is C14H11NO5. The number of carbonyl (C=O) groups is 3. The molecule has 0 atom stereocenters. The Hall–Kier alpha value is -2.63. The summed E-state index contributed by atoms with van der Waals surface area (Å²) >= 11 is 0. The second kappa shape index (κ2) is 4.48. The van der Waals surface area contributed by atoms with E-state index in [0.717, 1.165) is 5.56 Å². The molecule has 3 rings (SSSR count). The van der Waals surface area contributed by atoms with E-state index < -0.39 is 5.97 Å². The van der Waals surface area contributed by atoms with E-state index in [2.05, 4.69) is 0 Å². The Kier molecular flexibility index (Phi) is 2.78. The highest BCUT2D eigenvalue weighted by Crippen LogP contribution is 2.23. The Morgan fingerprint density at radius 3 is 2.55 bits per heavy atom. The predicted molar refractivity (Wildman–Crippen MR) is 68.0 cm³/mol. The number of nitrogens with zero attached hydrogens (tertiary/aromatic N) is 1. The number of rotatable bonds is 3. The standard InChI is InChI=1S/C14H11NO5/c16-12-3-4-13(17)15(12)7-8-1-2-10-9(5-8)6-11(20-10)14(18)19/h1-2,5-6H,3-4,7H2,(H,18,19). The molecule has 1 aliphatic heterocycles. The van der Waals surface area contributed by atoms with Gasteiger partial charge in [-0.15, -0.1) is 0 Å². The fourth-order valence-corrected chi connectivity index (χ4v) is 2.28. The first-order chi connectivity index (χ1) is 9.54. The molecule has 0 saturated carbocycles. The molecule has 1 fully saturated rings. The maximum absolute atomic E-state index is 11.6. The Morgan fingerprint density at radius 2 is 1.90 bits per heavy atom. The number of aromatic carboxylic acids is 1. The van der Waals surface area contributed by atoms with Gasteiger partial charge in [-0.1, -0.05) is 6.07 Å². The van der Waals surface area contributed by atoms with Crippen LogP contribution in [0, 0.1) is 0 Å². The Bertz CT molecular complexity index is 714. The van der Waals surface area contributed by atoms with Gasteiger partial charge in [-0.2, -0.15) is 0 Å². The van der Waals surface area contributed by atoms with Gasteiger partial charge in [0.05, 0.1) is 6.54 Å². The first kappa shape index (κ1) is 12.4. The molecular weight excluding hydrogens is 262 g/mol. The van der Waals surface area contributed by atoms with Crippen molar-refractivity contribution >= 4 is 28.8 Å². The predicted octanol–water partition coefficient (Wildman–Crippen LogP) is 1.78. The van der Waals surface area contributed by atoms with Gasteiger partial charge in [-0.3, -0.25) is 14.5 Å². The number of hydrogen-bond donors (Lipinski definition) is 1. The highest BCUT2D eigenvalue weighted by Gasteiger charge is 2.28. The third-order valence-electron chi connectivity index (χ3n) is 3.29. The number of carboxylic acids is 1. The Labute approximate surface area is 113 Å². The van der Waals surface area contributed by atoms with Crippen LogP contribution in [0.4, 0.5) is 0 Å². The minimum absolute atomic E-state index is 0.134. The van der Waals surface area contributed by atoms with E-state index in [-0.39, 0.29) is 37.0 Å². The van der Waals surface area contributed by atoms with E-state index in [4.69, 9.17) is 9.52 Å². The van der Waals surface area contributed by atoms with E-state index in [1.807, 2.05) is 0 Å². The molecule has 1 aliphatic rings. The van der Waals surface area contributed by atoms with Gasteiger partial charge in [0, 0.05) is 18.2 Å². The molecule has 0 bridgehead atoms. The summed E-state index contributed by atoms with van der Waals surface area (Å²) in [5.41, 5.74) is 1.23. The fourth-order valence-electron chi connectivity index (χ4n) is 2.28. The minimum Gasteiger partial charge on any atom is -0.475 e. The van der Waals surface area contributed by atoms with Gasteiger partial charge in [-0.25, -0.2) is 4.79 Å². The largest absolute Gasteiger partial charge is 0.475 e. The normalized spacial score (nSPS) is 15.3. The number of furan rings is 1. The zero-order chi connectivity index (χ0) is 14.3. The van der Waals surface area contributed by atoms with Gasteiger partial charge in [0.2, 0.25) is 17.6 Å². The molecule has 0 unspecified atom stereocenters. The third kappa shape index (κ3) is 2.05. The van der Waals surface area contributed by atoms with Crippen molar-refractivity contribution in [3.05, 3.63) is 35.6 Å². The molecule has 6 nitrogen and oxygen atoms in total. The van der Waals surface area contributed by atoms with Gasteiger partial charge >= 0.3 is 5.97 Å². The number of likely N-dealkylation sites (tertiary alicyclic amines) is 1.